The van der Waals surface area contributed by atoms with Crippen molar-refractivity contribution in [2.45, 2.75) is 190 Å². The van der Waals surface area contributed by atoms with Crippen molar-refractivity contribution in [3.63, 3.8) is 0 Å². The van der Waals surface area contributed by atoms with Gasteiger partial charge in [0.1, 0.15) is 35.1 Å². The number of phenolic OH excluding ortho intramolecular Hbond substituents is 3. The number of carbonyl (C=O) groups is 2. The van der Waals surface area contributed by atoms with Gasteiger partial charge in [-0.15, -0.1) is 0 Å². The second-order valence-corrected chi connectivity index (χ2v) is 19.4. The molecule has 2 aliphatic carbocycles. The van der Waals surface area contributed by atoms with Crippen LogP contribution >= 0.6 is 0 Å². The fraction of sp³-hybridized carbons (Fsp3) is 0.708. The maximum absolute atomic E-state index is 14.3. The molecule has 4 aliphatic heterocycles. The minimum absolute atomic E-state index is 0.0985. The first-order valence-corrected chi connectivity index (χ1v) is 23.3. The summed E-state index contributed by atoms with van der Waals surface area (Å²) in [6, 6.07) is 3.60. The Labute approximate surface area is 380 Å². The van der Waals surface area contributed by atoms with Crippen molar-refractivity contribution in [2.24, 2.45) is 0 Å². The van der Waals surface area contributed by atoms with Gasteiger partial charge in [-0.25, -0.2) is 0 Å². The largest absolute Gasteiger partial charge is 0.507 e. The third kappa shape index (κ3) is 8.97. The summed E-state index contributed by atoms with van der Waals surface area (Å²) in [5.74, 6) is -2.91. The van der Waals surface area contributed by atoms with Crippen LogP contribution < -0.4 is 0 Å². The van der Waals surface area contributed by atoms with Crippen LogP contribution in [0, 0.1) is 0 Å². The molecule has 6 aliphatic rings. The predicted octanol–water partition coefficient (Wildman–Crippen LogP) is 4.42. The number of ether oxygens (including phenoxy) is 8. The van der Waals surface area contributed by atoms with Crippen LogP contribution in [0.4, 0.5) is 0 Å². The van der Waals surface area contributed by atoms with Crippen LogP contribution in [0.5, 0.6) is 17.2 Å². The molecule has 0 saturated carbocycles. The molecule has 0 bridgehead atoms. The zero-order valence-electron chi connectivity index (χ0n) is 39.0. The number of carbonyl (C=O) groups excluding carboxylic acids is 2. The van der Waals surface area contributed by atoms with Gasteiger partial charge in [0, 0.05) is 54.5 Å². The SMILES string of the molecule is CC[C@@]1(O[C@H]2C[C@H](N(C)C)[C@H](O)[C@H](C)O2)CCc2c(O)c3c(c(O)c2[C@H]1O[C@H]1C[C@H](N(C)C)[C@H](O[C@H]2CC[C@H](O[C@H]4CC[C@H](O)[C@H](C)O4)[C@H](C)O2)[C@H](C)O1)C(=O)c1cccc(O)c1C3=O. The van der Waals surface area contributed by atoms with Gasteiger partial charge in [0.05, 0.1) is 59.4 Å². The third-order valence-electron chi connectivity index (χ3n) is 14.8. The Bertz CT molecular complexity index is 2080. The summed E-state index contributed by atoms with van der Waals surface area (Å²) in [5.41, 5.74) is -1.99. The van der Waals surface area contributed by atoms with Crippen LogP contribution in [0.2, 0.25) is 0 Å². The fourth-order valence-electron chi connectivity index (χ4n) is 10.9. The number of fused-ring (bicyclic) bond motifs is 3. The first kappa shape index (κ1) is 48.2. The van der Waals surface area contributed by atoms with Crippen molar-refractivity contribution in [2.75, 3.05) is 28.2 Å². The van der Waals surface area contributed by atoms with Gasteiger partial charge in [-0.1, -0.05) is 19.1 Å². The van der Waals surface area contributed by atoms with E-state index in [2.05, 4.69) is 0 Å². The van der Waals surface area contributed by atoms with Gasteiger partial charge >= 0.3 is 0 Å². The van der Waals surface area contributed by atoms with Crippen LogP contribution in [0.1, 0.15) is 135 Å². The number of hydrogen-bond donors (Lipinski definition) is 5. The molecular formula is C48H68N2O15. The Hall–Kier alpha value is -3.30. The molecule has 0 spiro atoms. The molecule has 0 radical (unpaired) electrons. The molecule has 65 heavy (non-hydrogen) atoms. The van der Waals surface area contributed by atoms with E-state index in [0.717, 1.165) is 0 Å². The van der Waals surface area contributed by atoms with E-state index in [9.17, 15) is 35.1 Å². The predicted molar refractivity (Wildman–Crippen MR) is 233 cm³/mol. The summed E-state index contributed by atoms with van der Waals surface area (Å²) in [4.78, 5) is 32.3. The van der Waals surface area contributed by atoms with Crippen LogP contribution in [-0.2, 0) is 44.3 Å². The van der Waals surface area contributed by atoms with Gasteiger partial charge in [0.2, 0.25) is 5.78 Å². The second-order valence-electron chi connectivity index (χ2n) is 19.4. The van der Waals surface area contributed by atoms with Crippen LogP contribution in [0.3, 0.4) is 0 Å². The molecule has 4 saturated heterocycles. The van der Waals surface area contributed by atoms with Crippen molar-refractivity contribution < 1.29 is 73.0 Å². The second kappa shape index (κ2) is 19.0. The smallest absolute Gasteiger partial charge is 0.202 e. The van der Waals surface area contributed by atoms with E-state index in [-0.39, 0.29) is 76.6 Å². The zero-order valence-corrected chi connectivity index (χ0v) is 39.0. The van der Waals surface area contributed by atoms with Gasteiger partial charge in [0.15, 0.2) is 30.9 Å². The number of aliphatic hydroxyl groups excluding tert-OH is 2. The van der Waals surface area contributed by atoms with E-state index in [4.69, 9.17) is 37.9 Å². The van der Waals surface area contributed by atoms with Crippen molar-refractivity contribution in [1.29, 1.82) is 0 Å². The minimum atomic E-state index is -1.23. The molecule has 2 aromatic carbocycles. The molecule has 17 heteroatoms. The molecule has 0 aromatic heterocycles. The van der Waals surface area contributed by atoms with E-state index in [1.807, 2.05) is 65.7 Å². The van der Waals surface area contributed by atoms with Gasteiger partial charge < -0.3 is 73.2 Å². The standard InChI is InChI=1S/C48H68N2O15/c1-10-48(65-36-20-28(49(6)7)41(53)24(4)60-36)19-18-27-38(45(57)40-39(43(27)55)44(56)37-26(42(40)54)12-11-13-31(37)52)47(48)64-35-21-29(50(8)9)46(25(5)61-35)63-34-17-15-32(23(3)59-34)62-33-16-14-30(51)22(2)58-33/h11-13,22-25,28-30,32-36,41,46-47,51-53,55,57H,10,14-21H2,1-9H3/t22-,23-,24-,25-,28-,29-,30-,32-,33-,34-,35-,36-,41+,46+,47+,48+/m0/s1. The molecule has 16 atom stereocenters. The van der Waals surface area contributed by atoms with E-state index in [1.54, 1.807) is 6.92 Å². The molecule has 17 nitrogen and oxygen atoms in total. The number of rotatable bonds is 11. The molecule has 4 heterocycles. The minimum Gasteiger partial charge on any atom is -0.507 e. The third-order valence-corrected chi connectivity index (χ3v) is 14.8. The Morgan fingerprint density at radius 3 is 2.00 bits per heavy atom. The van der Waals surface area contributed by atoms with Crippen LogP contribution in [0.25, 0.3) is 0 Å². The number of phenols is 3. The lowest BCUT2D eigenvalue weighted by atomic mass is 9.71. The summed E-state index contributed by atoms with van der Waals surface area (Å²) in [6.45, 7) is 9.42. The summed E-state index contributed by atoms with van der Waals surface area (Å²) >= 11 is 0. The summed E-state index contributed by atoms with van der Waals surface area (Å²) < 4.78 is 52.4. The zero-order chi connectivity index (χ0) is 46.8. The summed E-state index contributed by atoms with van der Waals surface area (Å²) in [6.07, 6.45) is -3.68. The van der Waals surface area contributed by atoms with E-state index < -0.39 is 96.2 Å². The molecule has 2 aromatic rings. The van der Waals surface area contributed by atoms with Crippen molar-refractivity contribution in [1.82, 2.24) is 9.80 Å². The Balaban J connectivity index is 1.09. The number of aliphatic hydroxyl groups is 2. The topological polar surface area (TPSA) is 216 Å². The van der Waals surface area contributed by atoms with Crippen molar-refractivity contribution >= 4 is 11.6 Å². The van der Waals surface area contributed by atoms with Gasteiger partial charge in [-0.3, -0.25) is 9.59 Å². The Morgan fingerprint density at radius 2 is 1.32 bits per heavy atom. The molecule has 0 amide bonds. The van der Waals surface area contributed by atoms with E-state index >= 15 is 0 Å². The Morgan fingerprint density at radius 1 is 0.692 bits per heavy atom. The summed E-state index contributed by atoms with van der Waals surface area (Å²) in [5, 5.41) is 56.3. The number of benzene rings is 2. The van der Waals surface area contributed by atoms with Gasteiger partial charge in [-0.2, -0.15) is 0 Å². The average Bonchev–Trinajstić information content (AvgIpc) is 3.25. The highest BCUT2D eigenvalue weighted by molar-refractivity contribution is 6.31. The highest BCUT2D eigenvalue weighted by atomic mass is 16.7. The number of nitrogens with zero attached hydrogens (tertiary/aromatic N) is 2. The average molecular weight is 913 g/mol. The monoisotopic (exact) mass is 912 g/mol. The maximum atomic E-state index is 14.3. The van der Waals surface area contributed by atoms with E-state index in [0.29, 0.717) is 44.9 Å². The van der Waals surface area contributed by atoms with Crippen molar-refractivity contribution in [3.8, 4) is 17.2 Å². The molecule has 5 N–H and O–H groups in total. The van der Waals surface area contributed by atoms with E-state index in [1.165, 1.54) is 18.2 Å². The highest BCUT2D eigenvalue weighted by Gasteiger charge is 2.54. The lowest BCUT2D eigenvalue weighted by molar-refractivity contribution is -0.335. The lowest BCUT2D eigenvalue weighted by Crippen LogP contribution is -2.58. The highest BCUT2D eigenvalue weighted by Crippen LogP contribution is 2.56. The first-order valence-electron chi connectivity index (χ1n) is 23.3. The number of likely N-dealkylation sites (N-methyl/N-ethyl adjacent to an activating group) is 2. The molecule has 4 fully saturated rings. The van der Waals surface area contributed by atoms with Crippen LogP contribution in [-0.4, -0.2) is 167 Å². The van der Waals surface area contributed by atoms with Gasteiger partial charge in [0.25, 0.3) is 0 Å². The number of ketones is 2. The molecular weight excluding hydrogens is 845 g/mol. The van der Waals surface area contributed by atoms with Crippen LogP contribution in [0.15, 0.2) is 18.2 Å². The quantitative estimate of drug-likeness (QED) is 0.168. The number of aromatic hydroxyl groups is 3. The number of hydrogen-bond acceptors (Lipinski definition) is 17. The maximum Gasteiger partial charge on any atom is 0.202 e. The lowest BCUT2D eigenvalue weighted by Gasteiger charge is -2.51. The molecule has 8 rings (SSSR count). The fourth-order valence-corrected chi connectivity index (χ4v) is 10.9. The summed E-state index contributed by atoms with van der Waals surface area (Å²) in [7, 11) is 7.67. The van der Waals surface area contributed by atoms with Crippen molar-refractivity contribution in [3.05, 3.63) is 51.6 Å². The van der Waals surface area contributed by atoms with Gasteiger partial charge in [-0.05, 0) is 94.1 Å². The first-order chi connectivity index (χ1) is 30.8. The molecule has 0 unspecified atom stereocenters. The Kier molecular flexibility index (Phi) is 14.1. The molecule has 360 valence electrons. The normalized spacial score (nSPS) is 38.7.